The number of nitrogens with zero attached hydrogens (tertiary/aromatic N) is 1. The highest BCUT2D eigenvalue weighted by Crippen LogP contribution is 2.32. The molecule has 1 fully saturated rings. The topological polar surface area (TPSA) is 81.5 Å². The minimum absolute atomic E-state index is 0.113. The summed E-state index contributed by atoms with van der Waals surface area (Å²) in [4.78, 5) is 21.7. The van der Waals surface area contributed by atoms with Gasteiger partial charge in [0.25, 0.3) is 11.6 Å². The van der Waals surface area contributed by atoms with E-state index in [1.54, 1.807) is 0 Å². The Hall–Kier alpha value is -1.82. The molecule has 1 aromatic rings. The van der Waals surface area contributed by atoms with Crippen molar-refractivity contribution in [1.29, 1.82) is 0 Å². The van der Waals surface area contributed by atoms with Crippen molar-refractivity contribution < 1.29 is 14.5 Å². The Morgan fingerprint density at radius 3 is 2.85 bits per heavy atom. The minimum Gasteiger partial charge on any atom is -0.482 e. The van der Waals surface area contributed by atoms with E-state index in [1.165, 1.54) is 18.2 Å². The average molecular weight is 299 g/mol. The number of nitrogens with one attached hydrogen (secondary N) is 1. The Balaban J connectivity index is 1.86. The molecule has 1 aliphatic carbocycles. The fourth-order valence-corrected chi connectivity index (χ4v) is 2.10. The van der Waals surface area contributed by atoms with Crippen LogP contribution in [0.2, 0.25) is 5.02 Å². The maximum Gasteiger partial charge on any atom is 0.271 e. The number of hydrogen-bond acceptors (Lipinski definition) is 4. The molecule has 20 heavy (non-hydrogen) atoms. The van der Waals surface area contributed by atoms with E-state index in [0.29, 0.717) is 5.92 Å². The summed E-state index contributed by atoms with van der Waals surface area (Å²) in [6.45, 7) is 1.81. The Labute approximate surface area is 121 Å². The van der Waals surface area contributed by atoms with Gasteiger partial charge < -0.3 is 10.1 Å². The van der Waals surface area contributed by atoms with Crippen LogP contribution in [-0.2, 0) is 4.79 Å². The zero-order valence-electron chi connectivity index (χ0n) is 11.0. The van der Waals surface area contributed by atoms with Gasteiger partial charge in [-0.05, 0) is 31.7 Å². The molecule has 7 heteroatoms. The molecule has 0 unspecified atom stereocenters. The van der Waals surface area contributed by atoms with E-state index in [4.69, 9.17) is 16.3 Å². The zero-order valence-corrected chi connectivity index (χ0v) is 11.7. The van der Waals surface area contributed by atoms with Crippen LogP contribution in [0.4, 0.5) is 5.69 Å². The molecule has 1 aliphatic rings. The molecule has 0 bridgehead atoms. The van der Waals surface area contributed by atoms with Crippen LogP contribution < -0.4 is 10.1 Å². The first-order valence-corrected chi connectivity index (χ1v) is 6.71. The van der Waals surface area contributed by atoms with E-state index >= 15 is 0 Å². The number of carbonyl (C=O) groups is 1. The first kappa shape index (κ1) is 14.6. The highest BCUT2D eigenvalue weighted by atomic mass is 35.5. The molecule has 1 aromatic carbocycles. The van der Waals surface area contributed by atoms with Gasteiger partial charge in [0.1, 0.15) is 5.75 Å². The molecule has 1 saturated carbocycles. The SMILES string of the molecule is C[C@H](NC(=O)COc1ccc([N+](=O)[O-])cc1Cl)C1CC1. The number of amides is 1. The maximum absolute atomic E-state index is 11.7. The van der Waals surface area contributed by atoms with Crippen LogP contribution in [0, 0.1) is 16.0 Å². The van der Waals surface area contributed by atoms with Crippen molar-refractivity contribution >= 4 is 23.2 Å². The van der Waals surface area contributed by atoms with Crippen molar-refractivity contribution in [2.45, 2.75) is 25.8 Å². The molecule has 1 amide bonds. The lowest BCUT2D eigenvalue weighted by Gasteiger charge is -2.13. The van der Waals surface area contributed by atoms with Gasteiger partial charge in [-0.3, -0.25) is 14.9 Å². The first-order valence-electron chi connectivity index (χ1n) is 6.33. The highest BCUT2D eigenvalue weighted by Gasteiger charge is 2.28. The Morgan fingerprint density at radius 2 is 2.30 bits per heavy atom. The number of rotatable bonds is 6. The number of benzene rings is 1. The van der Waals surface area contributed by atoms with Crippen molar-refractivity contribution in [3.05, 3.63) is 33.3 Å². The van der Waals surface area contributed by atoms with Gasteiger partial charge in [-0.1, -0.05) is 11.6 Å². The number of carbonyl (C=O) groups excluding carboxylic acids is 1. The van der Waals surface area contributed by atoms with Gasteiger partial charge >= 0.3 is 0 Å². The van der Waals surface area contributed by atoms with Crippen LogP contribution in [0.5, 0.6) is 5.75 Å². The number of ether oxygens (including phenoxy) is 1. The fraction of sp³-hybridized carbons (Fsp3) is 0.462. The lowest BCUT2D eigenvalue weighted by Crippen LogP contribution is -2.37. The normalized spacial score (nSPS) is 15.5. The van der Waals surface area contributed by atoms with Gasteiger partial charge in [0.05, 0.1) is 9.95 Å². The van der Waals surface area contributed by atoms with Gasteiger partial charge in [0.2, 0.25) is 0 Å². The van der Waals surface area contributed by atoms with E-state index in [2.05, 4.69) is 5.32 Å². The smallest absolute Gasteiger partial charge is 0.271 e. The van der Waals surface area contributed by atoms with Crippen LogP contribution in [0.15, 0.2) is 18.2 Å². The molecular formula is C13H15ClN2O4. The highest BCUT2D eigenvalue weighted by molar-refractivity contribution is 6.32. The predicted octanol–water partition coefficient (Wildman–Crippen LogP) is 2.54. The van der Waals surface area contributed by atoms with E-state index in [-0.39, 0.29) is 35.0 Å². The monoisotopic (exact) mass is 298 g/mol. The Kier molecular flexibility index (Phi) is 4.44. The molecule has 2 rings (SSSR count). The van der Waals surface area contributed by atoms with Crippen molar-refractivity contribution in [2.75, 3.05) is 6.61 Å². The second kappa shape index (κ2) is 6.09. The standard InChI is InChI=1S/C13H15ClN2O4/c1-8(9-2-3-9)15-13(17)7-20-12-5-4-10(16(18)19)6-11(12)14/h4-6,8-9H,2-3,7H2,1H3,(H,15,17)/t8-/m0/s1. The third kappa shape index (κ3) is 3.84. The minimum atomic E-state index is -0.542. The summed E-state index contributed by atoms with van der Waals surface area (Å²) in [6, 6.07) is 4.02. The molecule has 0 radical (unpaired) electrons. The fourth-order valence-electron chi connectivity index (χ4n) is 1.87. The molecular weight excluding hydrogens is 284 g/mol. The molecule has 0 heterocycles. The summed E-state index contributed by atoms with van der Waals surface area (Å²) in [5, 5.41) is 13.5. The third-order valence-corrected chi connectivity index (χ3v) is 3.50. The summed E-state index contributed by atoms with van der Waals surface area (Å²) < 4.78 is 5.27. The summed E-state index contributed by atoms with van der Waals surface area (Å²) in [6.07, 6.45) is 2.30. The van der Waals surface area contributed by atoms with Crippen LogP contribution in [0.1, 0.15) is 19.8 Å². The Bertz CT molecular complexity index is 531. The van der Waals surface area contributed by atoms with Gasteiger partial charge in [-0.2, -0.15) is 0 Å². The Morgan fingerprint density at radius 1 is 1.60 bits per heavy atom. The zero-order chi connectivity index (χ0) is 14.7. The summed E-state index contributed by atoms with van der Waals surface area (Å²) in [5.74, 6) is 0.604. The van der Waals surface area contributed by atoms with Crippen LogP contribution in [0.25, 0.3) is 0 Å². The molecule has 0 spiro atoms. The van der Waals surface area contributed by atoms with Crippen molar-refractivity contribution in [3.63, 3.8) is 0 Å². The van der Waals surface area contributed by atoms with E-state index in [9.17, 15) is 14.9 Å². The first-order chi connectivity index (χ1) is 9.47. The second-order valence-electron chi connectivity index (χ2n) is 4.85. The number of nitro groups is 1. The van der Waals surface area contributed by atoms with Crippen LogP contribution in [-0.4, -0.2) is 23.5 Å². The number of halogens is 1. The quantitative estimate of drug-likeness (QED) is 0.646. The maximum atomic E-state index is 11.7. The number of nitro benzene ring substituents is 1. The van der Waals surface area contributed by atoms with E-state index < -0.39 is 4.92 Å². The molecule has 0 aromatic heterocycles. The second-order valence-corrected chi connectivity index (χ2v) is 5.26. The lowest BCUT2D eigenvalue weighted by atomic mass is 10.2. The van der Waals surface area contributed by atoms with E-state index in [0.717, 1.165) is 12.8 Å². The predicted molar refractivity (Wildman–Crippen MR) is 73.9 cm³/mol. The molecule has 0 aliphatic heterocycles. The molecule has 6 nitrogen and oxygen atoms in total. The average Bonchev–Trinajstić information content (AvgIpc) is 3.21. The van der Waals surface area contributed by atoms with Crippen molar-refractivity contribution in [2.24, 2.45) is 5.92 Å². The van der Waals surface area contributed by atoms with Crippen molar-refractivity contribution in [3.8, 4) is 5.75 Å². The van der Waals surface area contributed by atoms with Gasteiger partial charge in [0.15, 0.2) is 6.61 Å². The molecule has 1 atom stereocenters. The van der Waals surface area contributed by atoms with Gasteiger partial charge in [-0.25, -0.2) is 0 Å². The number of non-ortho nitro benzene ring substituents is 1. The largest absolute Gasteiger partial charge is 0.482 e. The molecule has 108 valence electrons. The van der Waals surface area contributed by atoms with E-state index in [1.807, 2.05) is 6.92 Å². The molecule has 0 saturated heterocycles. The van der Waals surface area contributed by atoms with Crippen LogP contribution in [0.3, 0.4) is 0 Å². The third-order valence-electron chi connectivity index (χ3n) is 3.20. The van der Waals surface area contributed by atoms with Gasteiger partial charge in [0, 0.05) is 18.2 Å². The summed E-state index contributed by atoms with van der Waals surface area (Å²) in [7, 11) is 0. The summed E-state index contributed by atoms with van der Waals surface area (Å²) >= 11 is 5.86. The van der Waals surface area contributed by atoms with Crippen LogP contribution >= 0.6 is 11.6 Å². The number of hydrogen-bond donors (Lipinski definition) is 1. The summed E-state index contributed by atoms with van der Waals surface area (Å²) in [5.41, 5.74) is -0.117. The lowest BCUT2D eigenvalue weighted by molar-refractivity contribution is -0.384. The van der Waals surface area contributed by atoms with Gasteiger partial charge in [-0.15, -0.1) is 0 Å². The molecule has 1 N–H and O–H groups in total. The van der Waals surface area contributed by atoms with Crippen molar-refractivity contribution in [1.82, 2.24) is 5.32 Å².